The maximum Gasteiger partial charge on any atom is 0.227 e. The molecule has 6 nitrogen and oxygen atoms in total. The molecule has 0 aliphatic heterocycles. The average molecular weight is 277 g/mol. The normalized spacial score (nSPS) is 12.2. The molecular weight excluding hydrogens is 258 g/mol. The Labute approximate surface area is 117 Å². The molecule has 0 saturated heterocycles. The highest BCUT2D eigenvalue weighted by Gasteiger charge is 2.13. The van der Waals surface area contributed by atoms with Gasteiger partial charge in [-0.05, 0) is 24.6 Å². The molecule has 2 aromatic rings. The van der Waals surface area contributed by atoms with Gasteiger partial charge in [-0.2, -0.15) is 4.98 Å². The van der Waals surface area contributed by atoms with Crippen LogP contribution in [0.2, 0.25) is 0 Å². The van der Waals surface area contributed by atoms with Crippen LogP contribution in [0.1, 0.15) is 12.8 Å². The van der Waals surface area contributed by atoms with Gasteiger partial charge in [-0.1, -0.05) is 12.1 Å². The van der Waals surface area contributed by atoms with Crippen molar-refractivity contribution in [2.24, 2.45) is 11.7 Å². The lowest BCUT2D eigenvalue weighted by molar-refractivity contribution is 0.359. The second-order valence-corrected chi connectivity index (χ2v) is 4.66. The number of ether oxygens (including phenoxy) is 2. The van der Waals surface area contributed by atoms with Crippen molar-refractivity contribution < 1.29 is 14.0 Å². The lowest BCUT2D eigenvalue weighted by atomic mass is 10.1. The smallest absolute Gasteiger partial charge is 0.227 e. The Morgan fingerprint density at radius 2 is 1.85 bits per heavy atom. The van der Waals surface area contributed by atoms with Crippen molar-refractivity contribution in [1.29, 1.82) is 0 Å². The molecule has 20 heavy (non-hydrogen) atoms. The molecule has 2 N–H and O–H groups in total. The van der Waals surface area contributed by atoms with Gasteiger partial charge in [0.05, 0.1) is 14.2 Å². The third kappa shape index (κ3) is 3.27. The molecule has 0 aliphatic carbocycles. The highest BCUT2D eigenvalue weighted by Crippen LogP contribution is 2.28. The summed E-state index contributed by atoms with van der Waals surface area (Å²) >= 11 is 0. The first kappa shape index (κ1) is 14.3. The molecule has 2 rings (SSSR count). The van der Waals surface area contributed by atoms with Crippen molar-refractivity contribution in [3.8, 4) is 22.9 Å². The fraction of sp³-hybridized carbons (Fsp3) is 0.429. The summed E-state index contributed by atoms with van der Waals surface area (Å²) in [5, 5.41) is 3.99. The van der Waals surface area contributed by atoms with E-state index >= 15 is 0 Å². The summed E-state index contributed by atoms with van der Waals surface area (Å²) in [5.74, 6) is 2.77. The summed E-state index contributed by atoms with van der Waals surface area (Å²) < 4.78 is 15.7. The van der Waals surface area contributed by atoms with Gasteiger partial charge in [0.15, 0.2) is 0 Å². The summed E-state index contributed by atoms with van der Waals surface area (Å²) in [4.78, 5) is 4.37. The first-order valence-electron chi connectivity index (χ1n) is 6.42. The number of rotatable bonds is 6. The SMILES string of the molecule is COc1cc(OC)cc(-c2noc(CC(C)CN)n2)c1. The molecule has 0 bridgehead atoms. The zero-order valence-electron chi connectivity index (χ0n) is 11.9. The predicted octanol–water partition coefficient (Wildman–Crippen LogP) is 1.89. The van der Waals surface area contributed by atoms with Gasteiger partial charge in [-0.15, -0.1) is 0 Å². The summed E-state index contributed by atoms with van der Waals surface area (Å²) in [6.45, 7) is 2.63. The molecule has 0 amide bonds. The minimum Gasteiger partial charge on any atom is -0.497 e. The Morgan fingerprint density at radius 3 is 2.40 bits per heavy atom. The zero-order valence-corrected chi connectivity index (χ0v) is 11.9. The fourth-order valence-corrected chi connectivity index (χ4v) is 1.77. The molecule has 1 aromatic carbocycles. The lowest BCUT2D eigenvalue weighted by Crippen LogP contribution is -2.13. The largest absolute Gasteiger partial charge is 0.497 e. The Morgan fingerprint density at radius 1 is 1.20 bits per heavy atom. The zero-order chi connectivity index (χ0) is 14.5. The van der Waals surface area contributed by atoms with Crippen molar-refractivity contribution in [2.75, 3.05) is 20.8 Å². The Balaban J connectivity index is 2.27. The molecule has 0 spiro atoms. The summed E-state index contributed by atoms with van der Waals surface area (Å²) in [5.41, 5.74) is 6.38. The molecule has 0 radical (unpaired) electrons. The summed E-state index contributed by atoms with van der Waals surface area (Å²) in [7, 11) is 3.20. The van der Waals surface area contributed by atoms with Gasteiger partial charge in [0.1, 0.15) is 11.5 Å². The fourth-order valence-electron chi connectivity index (χ4n) is 1.77. The summed E-state index contributed by atoms with van der Waals surface area (Å²) in [6, 6.07) is 5.47. The summed E-state index contributed by atoms with van der Waals surface area (Å²) in [6.07, 6.45) is 0.671. The Hall–Kier alpha value is -2.08. The van der Waals surface area contributed by atoms with Crippen LogP contribution in [0.15, 0.2) is 22.7 Å². The average Bonchev–Trinajstić information content (AvgIpc) is 2.94. The van der Waals surface area contributed by atoms with E-state index in [9.17, 15) is 0 Å². The van der Waals surface area contributed by atoms with Crippen molar-refractivity contribution in [3.05, 3.63) is 24.1 Å². The number of nitrogens with zero attached hydrogens (tertiary/aromatic N) is 2. The van der Waals surface area contributed by atoms with E-state index in [0.29, 0.717) is 42.1 Å². The van der Waals surface area contributed by atoms with Crippen LogP contribution >= 0.6 is 0 Å². The Bertz CT molecular complexity index is 546. The van der Waals surface area contributed by atoms with Crippen molar-refractivity contribution in [1.82, 2.24) is 10.1 Å². The number of benzene rings is 1. The molecule has 0 fully saturated rings. The minimum atomic E-state index is 0.308. The van der Waals surface area contributed by atoms with E-state index in [2.05, 4.69) is 10.1 Å². The van der Waals surface area contributed by atoms with Crippen LogP contribution in [0.3, 0.4) is 0 Å². The van der Waals surface area contributed by atoms with Crippen LogP contribution in [0.25, 0.3) is 11.4 Å². The number of nitrogens with two attached hydrogens (primary N) is 1. The van der Waals surface area contributed by atoms with Gasteiger partial charge < -0.3 is 19.7 Å². The standard InChI is InChI=1S/C14H19N3O3/c1-9(8-15)4-13-16-14(17-20-13)10-5-11(18-2)7-12(6-10)19-3/h5-7,9H,4,8,15H2,1-3H3. The van der Waals surface area contributed by atoms with E-state index in [1.54, 1.807) is 20.3 Å². The van der Waals surface area contributed by atoms with E-state index in [0.717, 1.165) is 5.56 Å². The van der Waals surface area contributed by atoms with Crippen LogP contribution in [0.5, 0.6) is 11.5 Å². The second-order valence-electron chi connectivity index (χ2n) is 4.66. The number of methoxy groups -OCH3 is 2. The van der Waals surface area contributed by atoms with Gasteiger partial charge in [0, 0.05) is 18.1 Å². The van der Waals surface area contributed by atoms with E-state index < -0.39 is 0 Å². The highest BCUT2D eigenvalue weighted by molar-refractivity contribution is 5.60. The van der Waals surface area contributed by atoms with Gasteiger partial charge in [0.2, 0.25) is 11.7 Å². The van der Waals surface area contributed by atoms with E-state index in [4.69, 9.17) is 19.7 Å². The number of hydrogen-bond donors (Lipinski definition) is 1. The number of hydrogen-bond acceptors (Lipinski definition) is 6. The molecule has 1 heterocycles. The molecule has 108 valence electrons. The van der Waals surface area contributed by atoms with E-state index in [1.165, 1.54) is 0 Å². The third-order valence-corrected chi connectivity index (χ3v) is 3.00. The lowest BCUT2D eigenvalue weighted by Gasteiger charge is -2.05. The molecule has 6 heteroatoms. The molecule has 1 atom stereocenters. The predicted molar refractivity (Wildman–Crippen MR) is 74.8 cm³/mol. The second kappa shape index (κ2) is 6.38. The maximum absolute atomic E-state index is 5.59. The van der Waals surface area contributed by atoms with Gasteiger partial charge in [-0.25, -0.2) is 0 Å². The van der Waals surface area contributed by atoms with Crippen LogP contribution in [-0.2, 0) is 6.42 Å². The van der Waals surface area contributed by atoms with Gasteiger partial charge >= 0.3 is 0 Å². The maximum atomic E-state index is 5.59. The number of aromatic nitrogens is 2. The molecule has 1 aromatic heterocycles. The third-order valence-electron chi connectivity index (χ3n) is 3.00. The first-order chi connectivity index (χ1) is 9.66. The quantitative estimate of drug-likeness (QED) is 0.868. The highest BCUT2D eigenvalue weighted by atomic mass is 16.5. The van der Waals surface area contributed by atoms with Crippen LogP contribution in [0.4, 0.5) is 0 Å². The van der Waals surface area contributed by atoms with Crippen LogP contribution < -0.4 is 15.2 Å². The van der Waals surface area contributed by atoms with Crippen molar-refractivity contribution in [3.63, 3.8) is 0 Å². The van der Waals surface area contributed by atoms with Gasteiger partial charge in [0.25, 0.3) is 0 Å². The topological polar surface area (TPSA) is 83.4 Å². The molecule has 0 aliphatic rings. The van der Waals surface area contributed by atoms with E-state index in [1.807, 2.05) is 19.1 Å². The van der Waals surface area contributed by atoms with E-state index in [-0.39, 0.29) is 0 Å². The van der Waals surface area contributed by atoms with Crippen molar-refractivity contribution in [2.45, 2.75) is 13.3 Å². The first-order valence-corrected chi connectivity index (χ1v) is 6.42. The van der Waals surface area contributed by atoms with Crippen molar-refractivity contribution >= 4 is 0 Å². The molecular formula is C14H19N3O3. The molecule has 0 saturated carbocycles. The Kier molecular flexibility index (Phi) is 4.57. The van der Waals surface area contributed by atoms with Crippen LogP contribution in [-0.4, -0.2) is 30.9 Å². The molecule has 1 unspecified atom stereocenters. The van der Waals surface area contributed by atoms with Gasteiger partial charge in [-0.3, -0.25) is 0 Å². The minimum absolute atomic E-state index is 0.308. The monoisotopic (exact) mass is 277 g/mol. The van der Waals surface area contributed by atoms with Crippen LogP contribution in [0, 0.1) is 5.92 Å².